The van der Waals surface area contributed by atoms with Crippen molar-refractivity contribution in [2.75, 3.05) is 0 Å². The highest BCUT2D eigenvalue weighted by Gasteiger charge is 2.13. The first-order chi connectivity index (χ1) is 12.1. The third-order valence-electron chi connectivity index (χ3n) is 5.03. The molecule has 3 rings (SSSR count). The van der Waals surface area contributed by atoms with Gasteiger partial charge in [0.25, 0.3) is 0 Å². The Morgan fingerprint density at radius 3 is 2.52 bits per heavy atom. The first-order valence-electron chi connectivity index (χ1n) is 9.41. The van der Waals surface area contributed by atoms with Crippen LogP contribution in [-0.2, 0) is 0 Å². The fraction of sp³-hybridized carbons (Fsp3) is 0.333. The first kappa shape index (κ1) is 17.5. The molecule has 0 aromatic rings. The van der Waals surface area contributed by atoms with Crippen LogP contribution >= 0.6 is 0 Å². The summed E-state index contributed by atoms with van der Waals surface area (Å²) in [5, 5.41) is 0. The fourth-order valence-electron chi connectivity index (χ4n) is 3.58. The molecule has 0 saturated carbocycles. The van der Waals surface area contributed by atoms with E-state index in [0.717, 1.165) is 37.8 Å². The van der Waals surface area contributed by atoms with Gasteiger partial charge in [0.2, 0.25) is 0 Å². The van der Waals surface area contributed by atoms with Crippen molar-refractivity contribution in [3.8, 4) is 0 Å². The summed E-state index contributed by atoms with van der Waals surface area (Å²) in [6.07, 6.45) is 27.0. The van der Waals surface area contributed by atoms with E-state index in [-0.39, 0.29) is 0 Å². The maximum atomic E-state index is 5.85. The number of hydrogen-bond acceptors (Lipinski definition) is 1. The summed E-state index contributed by atoms with van der Waals surface area (Å²) in [7, 11) is 0. The molecule has 0 spiro atoms. The van der Waals surface area contributed by atoms with Gasteiger partial charge in [-0.3, -0.25) is 0 Å². The maximum absolute atomic E-state index is 5.85. The summed E-state index contributed by atoms with van der Waals surface area (Å²) >= 11 is 0. The molecule has 0 aromatic heterocycles. The minimum atomic E-state index is 0.967. The van der Waals surface area contributed by atoms with Crippen molar-refractivity contribution in [3.63, 3.8) is 0 Å². The molecular weight excluding hydrogens is 302 g/mol. The smallest absolute Gasteiger partial charge is 0.00838 e. The first-order valence-corrected chi connectivity index (χ1v) is 9.41. The largest absolute Gasteiger partial charge is 0.402 e. The number of hydrogen-bond donors (Lipinski definition) is 1. The molecule has 0 atom stereocenters. The second-order valence-corrected chi connectivity index (χ2v) is 7.27. The van der Waals surface area contributed by atoms with Gasteiger partial charge in [0.05, 0.1) is 0 Å². The monoisotopic (exact) mass is 331 g/mol. The molecule has 1 heteroatoms. The van der Waals surface area contributed by atoms with Crippen LogP contribution in [-0.4, -0.2) is 0 Å². The molecular formula is C24H29N. The third kappa shape index (κ3) is 4.85. The molecule has 0 saturated heterocycles. The molecule has 25 heavy (non-hydrogen) atoms. The Morgan fingerprint density at radius 2 is 1.80 bits per heavy atom. The lowest BCUT2D eigenvalue weighted by Gasteiger charge is -2.19. The van der Waals surface area contributed by atoms with Gasteiger partial charge in [-0.05, 0) is 80.7 Å². The predicted octanol–water partition coefficient (Wildman–Crippen LogP) is 6.36. The quantitative estimate of drug-likeness (QED) is 0.595. The summed E-state index contributed by atoms with van der Waals surface area (Å²) in [4.78, 5) is 0. The summed E-state index contributed by atoms with van der Waals surface area (Å²) in [6.45, 7) is 4.44. The molecule has 130 valence electrons. The Kier molecular flexibility index (Phi) is 5.75. The Hall–Kier alpha value is -2.28. The second kappa shape index (κ2) is 8.20. The van der Waals surface area contributed by atoms with Crippen LogP contribution in [0, 0.1) is 0 Å². The van der Waals surface area contributed by atoms with Gasteiger partial charge < -0.3 is 5.73 Å². The highest BCUT2D eigenvalue weighted by Crippen LogP contribution is 2.32. The fourth-order valence-corrected chi connectivity index (χ4v) is 3.58. The van der Waals surface area contributed by atoms with E-state index in [0.29, 0.717) is 0 Å². The SMILES string of the molecule is CC1=CCCC(C(=CC=CC2=CC=C(N)CC2)C2=CCCC(C)=C2)=C1. The molecule has 0 bridgehead atoms. The van der Waals surface area contributed by atoms with Crippen LogP contribution in [0.2, 0.25) is 0 Å². The molecule has 0 aromatic carbocycles. The molecule has 3 aliphatic rings. The lowest BCUT2D eigenvalue weighted by Crippen LogP contribution is -2.01. The van der Waals surface area contributed by atoms with Gasteiger partial charge in [0, 0.05) is 5.70 Å². The van der Waals surface area contributed by atoms with Crippen molar-refractivity contribution in [2.45, 2.75) is 52.4 Å². The Balaban J connectivity index is 1.89. The van der Waals surface area contributed by atoms with Crippen LogP contribution < -0.4 is 5.73 Å². The normalized spacial score (nSPS) is 21.9. The van der Waals surface area contributed by atoms with Crippen LogP contribution in [0.5, 0.6) is 0 Å². The summed E-state index contributed by atoms with van der Waals surface area (Å²) in [6, 6.07) is 0. The Morgan fingerprint density at radius 1 is 0.960 bits per heavy atom. The van der Waals surface area contributed by atoms with Crippen LogP contribution in [0.3, 0.4) is 0 Å². The van der Waals surface area contributed by atoms with Gasteiger partial charge in [-0.1, -0.05) is 59.8 Å². The maximum Gasteiger partial charge on any atom is 0.00838 e. The zero-order valence-corrected chi connectivity index (χ0v) is 15.5. The topological polar surface area (TPSA) is 26.0 Å². The lowest BCUT2D eigenvalue weighted by atomic mass is 9.86. The van der Waals surface area contributed by atoms with Gasteiger partial charge >= 0.3 is 0 Å². The van der Waals surface area contributed by atoms with Crippen LogP contribution in [0.25, 0.3) is 0 Å². The van der Waals surface area contributed by atoms with E-state index in [1.807, 2.05) is 6.08 Å². The minimum Gasteiger partial charge on any atom is -0.402 e. The Bertz CT molecular complexity index is 773. The molecule has 0 fully saturated rings. The van der Waals surface area contributed by atoms with Crippen LogP contribution in [0.1, 0.15) is 52.4 Å². The van der Waals surface area contributed by atoms with Crippen molar-refractivity contribution in [1.29, 1.82) is 0 Å². The van der Waals surface area contributed by atoms with Gasteiger partial charge in [0.15, 0.2) is 0 Å². The van der Waals surface area contributed by atoms with Gasteiger partial charge in [-0.15, -0.1) is 0 Å². The zero-order valence-electron chi connectivity index (χ0n) is 15.5. The van der Waals surface area contributed by atoms with E-state index in [1.54, 1.807) is 0 Å². The molecule has 3 aliphatic carbocycles. The van der Waals surface area contributed by atoms with E-state index in [4.69, 9.17) is 5.73 Å². The lowest BCUT2D eigenvalue weighted by molar-refractivity contribution is 0.912. The minimum absolute atomic E-state index is 0.967. The molecule has 0 radical (unpaired) electrons. The highest BCUT2D eigenvalue weighted by molar-refractivity contribution is 5.57. The average Bonchev–Trinajstić information content (AvgIpc) is 2.60. The van der Waals surface area contributed by atoms with Crippen molar-refractivity contribution in [2.24, 2.45) is 5.73 Å². The molecule has 0 amide bonds. The average molecular weight is 332 g/mol. The summed E-state index contributed by atoms with van der Waals surface area (Å²) in [5.41, 5.74) is 15.3. The summed E-state index contributed by atoms with van der Waals surface area (Å²) in [5.74, 6) is 0. The highest BCUT2D eigenvalue weighted by atomic mass is 14.6. The van der Waals surface area contributed by atoms with Gasteiger partial charge in [-0.25, -0.2) is 0 Å². The van der Waals surface area contributed by atoms with E-state index in [2.05, 4.69) is 62.5 Å². The molecule has 0 heterocycles. The van der Waals surface area contributed by atoms with Crippen molar-refractivity contribution >= 4 is 0 Å². The van der Waals surface area contributed by atoms with E-state index in [1.165, 1.54) is 39.9 Å². The molecule has 0 aliphatic heterocycles. The predicted molar refractivity (Wildman–Crippen MR) is 109 cm³/mol. The van der Waals surface area contributed by atoms with E-state index >= 15 is 0 Å². The second-order valence-electron chi connectivity index (χ2n) is 7.27. The van der Waals surface area contributed by atoms with Gasteiger partial charge in [0.1, 0.15) is 0 Å². The van der Waals surface area contributed by atoms with Gasteiger partial charge in [-0.2, -0.15) is 0 Å². The third-order valence-corrected chi connectivity index (χ3v) is 5.03. The number of nitrogens with two attached hydrogens (primary N) is 1. The van der Waals surface area contributed by atoms with Crippen molar-refractivity contribution in [1.82, 2.24) is 0 Å². The summed E-state index contributed by atoms with van der Waals surface area (Å²) < 4.78 is 0. The van der Waals surface area contributed by atoms with Crippen molar-refractivity contribution < 1.29 is 0 Å². The van der Waals surface area contributed by atoms with E-state index < -0.39 is 0 Å². The van der Waals surface area contributed by atoms with Crippen molar-refractivity contribution in [3.05, 3.63) is 93.8 Å². The zero-order chi connectivity index (χ0) is 17.6. The Labute approximate surface area is 152 Å². The number of rotatable bonds is 4. The molecule has 1 nitrogen and oxygen atoms in total. The van der Waals surface area contributed by atoms with E-state index in [9.17, 15) is 0 Å². The number of allylic oxidation sites excluding steroid dienone is 16. The standard InChI is InChI=1S/C24H29N/c1-18-6-3-9-21(16-18)24(22-10-4-7-19(2)17-22)11-5-8-20-12-14-23(25)15-13-20/h5-6,8,10-12,14,16-17H,3-4,7,9,13,15,25H2,1-2H3. The van der Waals surface area contributed by atoms with Crippen LogP contribution in [0.4, 0.5) is 0 Å². The molecule has 0 unspecified atom stereocenters. The van der Waals surface area contributed by atoms with Crippen LogP contribution in [0.15, 0.2) is 93.8 Å². The molecule has 2 N–H and O–H groups in total.